The smallest absolute Gasteiger partial charge is 0.335 e. The molecule has 0 radical (unpaired) electrons. The van der Waals surface area contributed by atoms with Crippen molar-refractivity contribution in [1.29, 1.82) is 0 Å². The van der Waals surface area contributed by atoms with Gasteiger partial charge in [0.05, 0.1) is 16.8 Å². The Morgan fingerprint density at radius 2 is 1.68 bits per heavy atom. The van der Waals surface area contributed by atoms with E-state index in [1.54, 1.807) is 24.4 Å². The molecule has 0 bridgehead atoms. The predicted molar refractivity (Wildman–Crippen MR) is 118 cm³/mol. The summed E-state index contributed by atoms with van der Waals surface area (Å²) in [4.78, 5) is 31.3. The number of pyridine rings is 1. The Balaban J connectivity index is 1.51. The monoisotopic (exact) mass is 409 g/mol. The molecular formula is C25H19N3O3. The Morgan fingerprint density at radius 3 is 2.48 bits per heavy atom. The Hall–Kier alpha value is -4.19. The van der Waals surface area contributed by atoms with Crippen LogP contribution in [0.5, 0.6) is 0 Å². The molecule has 2 aromatic carbocycles. The quantitative estimate of drug-likeness (QED) is 0.466. The van der Waals surface area contributed by atoms with Crippen molar-refractivity contribution in [1.82, 2.24) is 15.3 Å². The summed E-state index contributed by atoms with van der Waals surface area (Å²) in [7, 11) is 0. The van der Waals surface area contributed by atoms with E-state index in [1.807, 2.05) is 48.5 Å². The molecule has 0 spiro atoms. The second-order valence-electron chi connectivity index (χ2n) is 7.48. The Bertz CT molecular complexity index is 1320. The summed E-state index contributed by atoms with van der Waals surface area (Å²) < 4.78 is 0. The van der Waals surface area contributed by atoms with Crippen molar-refractivity contribution in [3.63, 3.8) is 0 Å². The summed E-state index contributed by atoms with van der Waals surface area (Å²) in [5.74, 6) is -0.996. The van der Waals surface area contributed by atoms with E-state index in [4.69, 9.17) is 0 Å². The normalized spacial score (nSPS) is 12.8. The number of benzene rings is 2. The van der Waals surface area contributed by atoms with Gasteiger partial charge in [-0.1, -0.05) is 30.3 Å². The molecule has 5 rings (SSSR count). The Kier molecular flexibility index (Phi) is 4.59. The highest BCUT2D eigenvalue weighted by Crippen LogP contribution is 2.29. The zero-order valence-electron chi connectivity index (χ0n) is 16.6. The molecule has 3 N–H and O–H groups in total. The van der Waals surface area contributed by atoms with Gasteiger partial charge in [0.15, 0.2) is 0 Å². The average Bonchev–Trinajstić information content (AvgIpc) is 3.25. The van der Waals surface area contributed by atoms with E-state index in [0.29, 0.717) is 12.1 Å². The highest BCUT2D eigenvalue weighted by atomic mass is 16.4. The van der Waals surface area contributed by atoms with Crippen LogP contribution >= 0.6 is 0 Å². The Morgan fingerprint density at radius 1 is 0.903 bits per heavy atom. The van der Waals surface area contributed by atoms with E-state index >= 15 is 0 Å². The molecule has 1 amide bonds. The summed E-state index contributed by atoms with van der Waals surface area (Å²) in [6.45, 7) is 0.642. The van der Waals surface area contributed by atoms with E-state index in [-0.39, 0.29) is 11.5 Å². The molecule has 152 valence electrons. The molecule has 3 heterocycles. The number of hydrogen-bond donors (Lipinski definition) is 3. The third kappa shape index (κ3) is 3.59. The molecule has 2 aromatic heterocycles. The lowest BCUT2D eigenvalue weighted by molar-refractivity contribution is 0.0696. The minimum atomic E-state index is -0.949. The number of nitrogens with one attached hydrogen (secondary N) is 2. The summed E-state index contributed by atoms with van der Waals surface area (Å²) in [5, 5.41) is 12.1. The highest BCUT2D eigenvalue weighted by molar-refractivity contribution is 5.98. The maximum Gasteiger partial charge on any atom is 0.335 e. The summed E-state index contributed by atoms with van der Waals surface area (Å²) in [6.07, 6.45) is 2.54. The van der Waals surface area contributed by atoms with Gasteiger partial charge in [0.1, 0.15) is 0 Å². The van der Waals surface area contributed by atoms with Crippen LogP contribution in [0.2, 0.25) is 0 Å². The molecule has 0 unspecified atom stereocenters. The van der Waals surface area contributed by atoms with Crippen LogP contribution in [0.3, 0.4) is 0 Å². The molecule has 6 heteroatoms. The van der Waals surface area contributed by atoms with Gasteiger partial charge in [-0.05, 0) is 47.5 Å². The van der Waals surface area contributed by atoms with E-state index in [1.165, 1.54) is 0 Å². The number of aromatic carboxylic acids is 1. The van der Waals surface area contributed by atoms with Crippen LogP contribution in [-0.4, -0.2) is 33.5 Å². The molecule has 0 fully saturated rings. The largest absolute Gasteiger partial charge is 0.478 e. The predicted octanol–water partition coefficient (Wildman–Crippen LogP) is 4.39. The summed E-state index contributed by atoms with van der Waals surface area (Å²) in [5.41, 5.74) is 7.21. The third-order valence-electron chi connectivity index (χ3n) is 5.48. The molecule has 0 saturated carbocycles. The molecule has 1 aliphatic heterocycles. The molecule has 4 aromatic rings. The van der Waals surface area contributed by atoms with Crippen molar-refractivity contribution in [2.24, 2.45) is 0 Å². The number of aromatic nitrogens is 2. The van der Waals surface area contributed by atoms with Crippen molar-refractivity contribution >= 4 is 11.9 Å². The standard InChI is InChI=1S/C25H19N3O3/c29-24-20-14-23(28-21(20)8-10-27-24)18-7-9-26-22(13-18)17-5-1-3-15(11-17)16-4-2-6-19(12-16)25(30)31/h1-7,9,11-14,28H,8,10H2,(H,27,29)(H,30,31). The van der Waals surface area contributed by atoms with Gasteiger partial charge in [0.2, 0.25) is 0 Å². The summed E-state index contributed by atoms with van der Waals surface area (Å²) in [6, 6.07) is 20.5. The van der Waals surface area contributed by atoms with Crippen LogP contribution in [-0.2, 0) is 6.42 Å². The van der Waals surface area contributed by atoms with Gasteiger partial charge in [-0.15, -0.1) is 0 Å². The van der Waals surface area contributed by atoms with E-state index in [0.717, 1.165) is 45.8 Å². The van der Waals surface area contributed by atoms with Crippen molar-refractivity contribution in [3.05, 3.63) is 89.7 Å². The summed E-state index contributed by atoms with van der Waals surface area (Å²) >= 11 is 0. The SMILES string of the molecule is O=C(O)c1cccc(-c2cccc(-c3cc(-c4cc5c([nH]4)CCNC5=O)ccn3)c2)c1. The second kappa shape index (κ2) is 7.57. The first-order valence-corrected chi connectivity index (χ1v) is 9.99. The zero-order valence-corrected chi connectivity index (χ0v) is 16.6. The fourth-order valence-corrected chi connectivity index (χ4v) is 3.89. The number of fused-ring (bicyclic) bond motifs is 1. The van der Waals surface area contributed by atoms with Crippen molar-refractivity contribution in [2.45, 2.75) is 6.42 Å². The van der Waals surface area contributed by atoms with Gasteiger partial charge in [0, 0.05) is 41.7 Å². The number of hydrogen-bond acceptors (Lipinski definition) is 3. The molecule has 6 nitrogen and oxygen atoms in total. The number of rotatable bonds is 4. The third-order valence-corrected chi connectivity index (χ3v) is 5.48. The first kappa shape index (κ1) is 18.8. The van der Waals surface area contributed by atoms with Crippen LogP contribution < -0.4 is 5.32 Å². The number of carboxylic acids is 1. The first-order chi connectivity index (χ1) is 15.1. The maximum absolute atomic E-state index is 12.1. The van der Waals surface area contributed by atoms with Gasteiger partial charge in [0.25, 0.3) is 5.91 Å². The van der Waals surface area contributed by atoms with E-state index in [2.05, 4.69) is 15.3 Å². The molecule has 1 aliphatic rings. The number of carbonyl (C=O) groups is 2. The van der Waals surface area contributed by atoms with Gasteiger partial charge < -0.3 is 15.4 Å². The lowest BCUT2D eigenvalue weighted by Crippen LogP contribution is -2.31. The van der Waals surface area contributed by atoms with Gasteiger partial charge >= 0.3 is 5.97 Å². The van der Waals surface area contributed by atoms with Crippen LogP contribution in [0.1, 0.15) is 26.4 Å². The van der Waals surface area contributed by atoms with Crippen LogP contribution in [0, 0.1) is 0 Å². The van der Waals surface area contributed by atoms with Gasteiger partial charge in [-0.2, -0.15) is 0 Å². The number of H-pyrrole nitrogens is 1. The topological polar surface area (TPSA) is 95.1 Å². The van der Waals surface area contributed by atoms with Crippen LogP contribution in [0.25, 0.3) is 33.6 Å². The molecule has 0 atom stereocenters. The van der Waals surface area contributed by atoms with Gasteiger partial charge in [-0.25, -0.2) is 4.79 Å². The zero-order chi connectivity index (χ0) is 21.4. The fourth-order valence-electron chi connectivity index (χ4n) is 3.89. The fraction of sp³-hybridized carbons (Fsp3) is 0.0800. The Labute approximate surface area is 178 Å². The van der Waals surface area contributed by atoms with Crippen molar-refractivity contribution < 1.29 is 14.7 Å². The first-order valence-electron chi connectivity index (χ1n) is 9.99. The lowest BCUT2D eigenvalue weighted by Gasteiger charge is -2.11. The molecule has 0 aliphatic carbocycles. The molecule has 0 saturated heterocycles. The highest BCUT2D eigenvalue weighted by Gasteiger charge is 2.20. The molecular weight excluding hydrogens is 390 g/mol. The number of aromatic amines is 1. The van der Waals surface area contributed by atoms with Crippen LogP contribution in [0.4, 0.5) is 0 Å². The van der Waals surface area contributed by atoms with E-state index < -0.39 is 5.97 Å². The van der Waals surface area contributed by atoms with E-state index in [9.17, 15) is 14.7 Å². The minimum Gasteiger partial charge on any atom is -0.478 e. The second-order valence-corrected chi connectivity index (χ2v) is 7.48. The number of nitrogens with zero attached hydrogens (tertiary/aromatic N) is 1. The maximum atomic E-state index is 12.1. The average molecular weight is 409 g/mol. The van der Waals surface area contributed by atoms with Gasteiger partial charge in [-0.3, -0.25) is 9.78 Å². The van der Waals surface area contributed by atoms with Crippen LogP contribution in [0.15, 0.2) is 72.9 Å². The van der Waals surface area contributed by atoms with Crippen molar-refractivity contribution in [2.75, 3.05) is 6.54 Å². The number of carboxylic acid groups (broad SMARTS) is 1. The van der Waals surface area contributed by atoms with Crippen molar-refractivity contribution in [3.8, 4) is 33.6 Å². The lowest BCUT2D eigenvalue weighted by atomic mass is 9.99. The minimum absolute atomic E-state index is 0.0469. The number of amides is 1. The molecule has 31 heavy (non-hydrogen) atoms. The number of carbonyl (C=O) groups excluding carboxylic acids is 1.